The number of benzene rings is 1. The molecule has 0 aliphatic carbocycles. The van der Waals surface area contributed by atoms with Gasteiger partial charge in [0.15, 0.2) is 0 Å². The summed E-state index contributed by atoms with van der Waals surface area (Å²) in [5.41, 5.74) is 0.187. The third kappa shape index (κ3) is 4.26. The first kappa shape index (κ1) is 13.4. The Kier molecular flexibility index (Phi) is 4.75. The number of esters is 1. The summed E-state index contributed by atoms with van der Waals surface area (Å²) in [5, 5.41) is 0.447. The lowest BCUT2D eigenvalue weighted by Crippen LogP contribution is -2.13. The van der Waals surface area contributed by atoms with Gasteiger partial charge in [-0.05, 0) is 24.3 Å². The molecule has 0 spiro atoms. The van der Waals surface area contributed by atoms with Crippen molar-refractivity contribution in [3.05, 3.63) is 59.4 Å². The van der Waals surface area contributed by atoms with Gasteiger partial charge < -0.3 is 9.47 Å². The zero-order chi connectivity index (χ0) is 13.5. The van der Waals surface area contributed by atoms with Gasteiger partial charge in [0.1, 0.15) is 24.7 Å². The molecule has 19 heavy (non-hydrogen) atoms. The van der Waals surface area contributed by atoms with Gasteiger partial charge in [0.2, 0.25) is 0 Å². The van der Waals surface area contributed by atoms with Gasteiger partial charge in [-0.25, -0.2) is 9.78 Å². The van der Waals surface area contributed by atoms with E-state index in [0.29, 0.717) is 5.02 Å². The molecule has 98 valence electrons. The van der Waals surface area contributed by atoms with Crippen LogP contribution in [0.25, 0.3) is 0 Å². The Morgan fingerprint density at radius 2 is 1.95 bits per heavy atom. The first-order valence-electron chi connectivity index (χ1n) is 5.72. The molecule has 0 N–H and O–H groups in total. The molecule has 1 heterocycles. The number of hydrogen-bond donors (Lipinski definition) is 0. The minimum absolute atomic E-state index is 0.155. The van der Waals surface area contributed by atoms with Crippen LogP contribution in [0.15, 0.2) is 48.7 Å². The molecule has 1 aromatic carbocycles. The van der Waals surface area contributed by atoms with Crippen LogP contribution in [0.2, 0.25) is 5.02 Å². The van der Waals surface area contributed by atoms with Crippen molar-refractivity contribution in [3.63, 3.8) is 0 Å². The monoisotopic (exact) mass is 277 g/mol. The Balaban J connectivity index is 1.75. The van der Waals surface area contributed by atoms with Gasteiger partial charge in [-0.3, -0.25) is 0 Å². The van der Waals surface area contributed by atoms with E-state index in [4.69, 9.17) is 21.1 Å². The van der Waals surface area contributed by atoms with Crippen molar-refractivity contribution < 1.29 is 14.3 Å². The second kappa shape index (κ2) is 6.75. The van der Waals surface area contributed by atoms with E-state index in [0.717, 1.165) is 5.75 Å². The van der Waals surface area contributed by atoms with E-state index in [1.807, 2.05) is 30.3 Å². The summed E-state index contributed by atoms with van der Waals surface area (Å²) in [5.74, 6) is 0.221. The van der Waals surface area contributed by atoms with E-state index in [9.17, 15) is 4.79 Å². The Morgan fingerprint density at radius 3 is 2.68 bits per heavy atom. The molecule has 0 atom stereocenters. The zero-order valence-corrected chi connectivity index (χ0v) is 10.8. The quantitative estimate of drug-likeness (QED) is 0.623. The third-order valence-corrected chi connectivity index (χ3v) is 2.49. The maximum atomic E-state index is 11.6. The van der Waals surface area contributed by atoms with Gasteiger partial charge in [-0.15, -0.1) is 0 Å². The largest absolute Gasteiger partial charge is 0.490 e. The summed E-state index contributed by atoms with van der Waals surface area (Å²) < 4.78 is 10.4. The molecule has 4 nitrogen and oxygen atoms in total. The van der Waals surface area contributed by atoms with Gasteiger partial charge in [0, 0.05) is 11.2 Å². The van der Waals surface area contributed by atoms with E-state index in [2.05, 4.69) is 4.98 Å². The van der Waals surface area contributed by atoms with Crippen LogP contribution in [-0.4, -0.2) is 24.2 Å². The Hall–Kier alpha value is -2.07. The summed E-state index contributed by atoms with van der Waals surface area (Å²) in [4.78, 5) is 15.5. The van der Waals surface area contributed by atoms with Crippen LogP contribution >= 0.6 is 11.6 Å². The summed E-state index contributed by atoms with van der Waals surface area (Å²) in [6.45, 7) is 0.443. The predicted octanol–water partition coefficient (Wildman–Crippen LogP) is 2.97. The summed E-state index contributed by atoms with van der Waals surface area (Å²) in [7, 11) is 0. The van der Waals surface area contributed by atoms with E-state index in [1.165, 1.54) is 12.3 Å². The summed E-state index contributed by atoms with van der Waals surface area (Å²) in [6, 6.07) is 12.4. The zero-order valence-electron chi connectivity index (χ0n) is 10.1. The molecule has 1 aromatic heterocycles. The average molecular weight is 278 g/mol. The number of aromatic nitrogens is 1. The molecule has 0 amide bonds. The second-order valence-corrected chi connectivity index (χ2v) is 4.09. The highest BCUT2D eigenvalue weighted by Crippen LogP contribution is 2.10. The Bertz CT molecular complexity index is 545. The van der Waals surface area contributed by atoms with Crippen molar-refractivity contribution in [1.29, 1.82) is 0 Å². The highest BCUT2D eigenvalue weighted by Gasteiger charge is 2.08. The summed E-state index contributed by atoms with van der Waals surface area (Å²) in [6.07, 6.45) is 1.46. The van der Waals surface area contributed by atoms with Gasteiger partial charge in [0.05, 0.1) is 0 Å². The molecule has 5 heteroatoms. The fourth-order valence-electron chi connectivity index (χ4n) is 1.40. The van der Waals surface area contributed by atoms with Crippen LogP contribution in [0.4, 0.5) is 0 Å². The lowest BCUT2D eigenvalue weighted by Gasteiger charge is -2.06. The number of carbonyl (C=O) groups excluding carboxylic acids is 1. The molecule has 0 saturated carbocycles. The number of carbonyl (C=O) groups is 1. The molecule has 0 aliphatic heterocycles. The van der Waals surface area contributed by atoms with Crippen molar-refractivity contribution >= 4 is 17.6 Å². The standard InChI is InChI=1S/C14H12ClNO3/c15-11-6-7-16-13(10-11)14(17)19-9-8-18-12-4-2-1-3-5-12/h1-7,10H,8-9H2. The molecule has 2 rings (SSSR count). The molecule has 0 fully saturated rings. The molecule has 2 aromatic rings. The van der Waals surface area contributed by atoms with Gasteiger partial charge in [0.25, 0.3) is 0 Å². The molecule has 0 radical (unpaired) electrons. The van der Waals surface area contributed by atoms with E-state index in [-0.39, 0.29) is 18.9 Å². The molecular formula is C14H12ClNO3. The second-order valence-electron chi connectivity index (χ2n) is 3.66. The van der Waals surface area contributed by atoms with Crippen molar-refractivity contribution in [3.8, 4) is 5.75 Å². The van der Waals surface area contributed by atoms with Crippen molar-refractivity contribution in [1.82, 2.24) is 4.98 Å². The van der Waals surface area contributed by atoms with E-state index < -0.39 is 5.97 Å². The van der Waals surface area contributed by atoms with E-state index >= 15 is 0 Å². The lowest BCUT2D eigenvalue weighted by molar-refractivity contribution is 0.0443. The third-order valence-electron chi connectivity index (χ3n) is 2.26. The van der Waals surface area contributed by atoms with Crippen LogP contribution in [0.5, 0.6) is 5.75 Å². The minimum Gasteiger partial charge on any atom is -0.490 e. The van der Waals surface area contributed by atoms with Crippen LogP contribution < -0.4 is 4.74 Å². The van der Waals surface area contributed by atoms with E-state index in [1.54, 1.807) is 6.07 Å². The maximum absolute atomic E-state index is 11.6. The number of nitrogens with zero attached hydrogens (tertiary/aromatic N) is 1. The van der Waals surface area contributed by atoms with Crippen molar-refractivity contribution in [2.45, 2.75) is 0 Å². The first-order valence-corrected chi connectivity index (χ1v) is 6.10. The number of rotatable bonds is 5. The number of para-hydroxylation sites is 1. The topological polar surface area (TPSA) is 48.4 Å². The Labute approximate surface area is 115 Å². The normalized spacial score (nSPS) is 9.95. The van der Waals surface area contributed by atoms with Gasteiger partial charge >= 0.3 is 5.97 Å². The molecular weight excluding hydrogens is 266 g/mol. The highest BCUT2D eigenvalue weighted by atomic mass is 35.5. The fraction of sp³-hybridized carbons (Fsp3) is 0.143. The maximum Gasteiger partial charge on any atom is 0.357 e. The van der Waals surface area contributed by atoms with Crippen LogP contribution in [0.3, 0.4) is 0 Å². The number of halogens is 1. The molecule has 0 aliphatic rings. The molecule has 0 bridgehead atoms. The summed E-state index contributed by atoms with van der Waals surface area (Å²) >= 11 is 5.76. The predicted molar refractivity (Wildman–Crippen MR) is 71.5 cm³/mol. The number of pyridine rings is 1. The van der Waals surface area contributed by atoms with Crippen molar-refractivity contribution in [2.75, 3.05) is 13.2 Å². The lowest BCUT2D eigenvalue weighted by atomic mass is 10.3. The van der Waals surface area contributed by atoms with Gasteiger partial charge in [-0.2, -0.15) is 0 Å². The fourth-order valence-corrected chi connectivity index (χ4v) is 1.56. The SMILES string of the molecule is O=C(OCCOc1ccccc1)c1cc(Cl)ccn1. The number of ether oxygens (including phenoxy) is 2. The van der Waals surface area contributed by atoms with Crippen molar-refractivity contribution in [2.24, 2.45) is 0 Å². The number of hydrogen-bond acceptors (Lipinski definition) is 4. The highest BCUT2D eigenvalue weighted by molar-refractivity contribution is 6.30. The first-order chi connectivity index (χ1) is 9.25. The minimum atomic E-state index is -0.515. The average Bonchev–Trinajstić information content (AvgIpc) is 2.44. The van der Waals surface area contributed by atoms with Gasteiger partial charge in [-0.1, -0.05) is 29.8 Å². The molecule has 0 saturated heterocycles. The smallest absolute Gasteiger partial charge is 0.357 e. The van der Waals surface area contributed by atoms with Crippen LogP contribution in [-0.2, 0) is 4.74 Å². The Morgan fingerprint density at radius 1 is 1.16 bits per heavy atom. The molecule has 0 unspecified atom stereocenters. The van der Waals surface area contributed by atoms with Crippen LogP contribution in [0, 0.1) is 0 Å². The van der Waals surface area contributed by atoms with Crippen LogP contribution in [0.1, 0.15) is 10.5 Å².